The van der Waals surface area contributed by atoms with Crippen LogP contribution in [-0.2, 0) is 4.79 Å². The SMILES string of the molecule is CC1(C)[C@@H]2CC[C@H]3CCC[C@H]4CC(C(=O)O)=C(C2)[C@@]341. The molecule has 2 bridgehead atoms. The minimum Gasteiger partial charge on any atom is -0.478 e. The molecule has 0 aromatic rings. The van der Waals surface area contributed by atoms with E-state index in [2.05, 4.69) is 13.8 Å². The van der Waals surface area contributed by atoms with E-state index in [0.29, 0.717) is 11.3 Å². The summed E-state index contributed by atoms with van der Waals surface area (Å²) >= 11 is 0. The summed E-state index contributed by atoms with van der Waals surface area (Å²) in [6.07, 6.45) is 8.52. The molecule has 3 saturated carbocycles. The van der Waals surface area contributed by atoms with Crippen molar-refractivity contribution in [1.82, 2.24) is 0 Å². The highest BCUT2D eigenvalue weighted by molar-refractivity contribution is 5.89. The van der Waals surface area contributed by atoms with Crippen molar-refractivity contribution >= 4 is 5.97 Å². The van der Waals surface area contributed by atoms with Crippen LogP contribution in [0.3, 0.4) is 0 Å². The van der Waals surface area contributed by atoms with Crippen molar-refractivity contribution in [2.24, 2.45) is 28.6 Å². The molecular formula is C17H24O2. The molecule has 2 nitrogen and oxygen atoms in total. The van der Waals surface area contributed by atoms with Crippen LogP contribution >= 0.6 is 0 Å². The molecule has 0 aromatic heterocycles. The highest BCUT2D eigenvalue weighted by Crippen LogP contribution is 2.77. The fourth-order valence-electron chi connectivity index (χ4n) is 6.80. The smallest absolute Gasteiger partial charge is 0.331 e. The second-order valence-corrected chi connectivity index (χ2v) is 7.86. The van der Waals surface area contributed by atoms with Gasteiger partial charge in [-0.05, 0) is 61.7 Å². The lowest BCUT2D eigenvalue weighted by Crippen LogP contribution is -2.51. The van der Waals surface area contributed by atoms with E-state index in [0.717, 1.165) is 30.3 Å². The number of hydrogen-bond acceptors (Lipinski definition) is 1. The summed E-state index contributed by atoms with van der Waals surface area (Å²) in [5, 5.41) is 9.61. The summed E-state index contributed by atoms with van der Waals surface area (Å²) in [5.41, 5.74) is 2.80. The largest absolute Gasteiger partial charge is 0.478 e. The van der Waals surface area contributed by atoms with Gasteiger partial charge in [-0.15, -0.1) is 0 Å². The first kappa shape index (κ1) is 12.0. The standard InChI is InChI=1S/C17H24O2/c1-16(2)11-7-6-10-4-3-5-12-8-13(15(18)19)14(9-11)17(10,12)16/h10-12H,3-9H2,1-2H3,(H,18,19)/t10-,11-,12+,17-/m1/s1. The van der Waals surface area contributed by atoms with Gasteiger partial charge < -0.3 is 5.11 Å². The monoisotopic (exact) mass is 260 g/mol. The Hall–Kier alpha value is -0.790. The third kappa shape index (κ3) is 1.14. The highest BCUT2D eigenvalue weighted by atomic mass is 16.4. The van der Waals surface area contributed by atoms with Crippen molar-refractivity contribution in [1.29, 1.82) is 0 Å². The Bertz CT molecular complexity index is 487. The van der Waals surface area contributed by atoms with Crippen LogP contribution in [0.5, 0.6) is 0 Å². The number of fused-ring (bicyclic) bond motifs is 1. The molecule has 19 heavy (non-hydrogen) atoms. The number of carboxylic acid groups (broad SMARTS) is 1. The number of hydrogen-bond donors (Lipinski definition) is 1. The third-order valence-corrected chi connectivity index (χ3v) is 7.37. The molecule has 0 radical (unpaired) electrons. The lowest BCUT2D eigenvalue weighted by atomic mass is 9.46. The minimum atomic E-state index is -0.624. The molecule has 0 amide bonds. The summed E-state index contributed by atoms with van der Waals surface area (Å²) in [4.78, 5) is 11.7. The maximum atomic E-state index is 11.7. The zero-order chi connectivity index (χ0) is 13.4. The third-order valence-electron chi connectivity index (χ3n) is 7.37. The molecule has 0 aromatic carbocycles. The van der Waals surface area contributed by atoms with Crippen LogP contribution < -0.4 is 0 Å². The maximum absolute atomic E-state index is 11.7. The lowest BCUT2D eigenvalue weighted by molar-refractivity contribution is -0.132. The lowest BCUT2D eigenvalue weighted by Gasteiger charge is -2.58. The van der Waals surface area contributed by atoms with E-state index in [-0.39, 0.29) is 5.41 Å². The van der Waals surface area contributed by atoms with Crippen LogP contribution in [0.4, 0.5) is 0 Å². The summed E-state index contributed by atoms with van der Waals surface area (Å²) in [6.45, 7) is 4.89. The fraction of sp³-hybridized carbons (Fsp3) is 0.824. The van der Waals surface area contributed by atoms with E-state index < -0.39 is 5.97 Å². The van der Waals surface area contributed by atoms with Crippen molar-refractivity contribution in [3.63, 3.8) is 0 Å². The van der Waals surface area contributed by atoms with Crippen LogP contribution in [0.2, 0.25) is 0 Å². The molecule has 3 fully saturated rings. The number of carbonyl (C=O) groups is 1. The van der Waals surface area contributed by atoms with Crippen LogP contribution in [-0.4, -0.2) is 11.1 Å². The minimum absolute atomic E-state index is 0.266. The van der Waals surface area contributed by atoms with Gasteiger partial charge in [0.25, 0.3) is 0 Å². The van der Waals surface area contributed by atoms with E-state index in [1.807, 2.05) is 0 Å². The van der Waals surface area contributed by atoms with Gasteiger partial charge in [0.05, 0.1) is 0 Å². The first-order chi connectivity index (χ1) is 8.99. The van der Waals surface area contributed by atoms with E-state index in [4.69, 9.17) is 0 Å². The summed E-state index contributed by atoms with van der Waals surface area (Å²) in [6, 6.07) is 0. The van der Waals surface area contributed by atoms with Gasteiger partial charge in [0, 0.05) is 11.0 Å². The highest BCUT2D eigenvalue weighted by Gasteiger charge is 2.69. The van der Waals surface area contributed by atoms with Gasteiger partial charge >= 0.3 is 5.97 Å². The molecule has 104 valence electrons. The average molecular weight is 260 g/mol. The molecule has 2 heteroatoms. The predicted octanol–water partition coefficient (Wildman–Crippen LogP) is 4.01. The number of rotatable bonds is 1. The van der Waals surface area contributed by atoms with Crippen LogP contribution in [0.15, 0.2) is 11.1 Å². The Morgan fingerprint density at radius 1 is 1.05 bits per heavy atom. The Morgan fingerprint density at radius 3 is 2.47 bits per heavy atom. The normalized spacial score (nSPS) is 46.3. The fourth-order valence-corrected chi connectivity index (χ4v) is 6.80. The zero-order valence-electron chi connectivity index (χ0n) is 12.0. The summed E-state index contributed by atoms with van der Waals surface area (Å²) in [7, 11) is 0. The molecule has 0 heterocycles. The first-order valence-corrected chi connectivity index (χ1v) is 7.95. The molecule has 4 aliphatic rings. The van der Waals surface area contributed by atoms with Gasteiger partial charge in [-0.25, -0.2) is 4.79 Å². The van der Waals surface area contributed by atoms with Crippen molar-refractivity contribution < 1.29 is 9.90 Å². The molecule has 0 saturated heterocycles. The van der Waals surface area contributed by atoms with E-state index >= 15 is 0 Å². The van der Waals surface area contributed by atoms with Crippen molar-refractivity contribution in [2.45, 2.75) is 58.8 Å². The number of allylic oxidation sites excluding steroid dienone is 1. The molecule has 1 N–H and O–H groups in total. The Kier molecular flexibility index (Phi) is 2.18. The number of carboxylic acids is 1. The molecule has 1 spiro atoms. The van der Waals surface area contributed by atoms with Crippen LogP contribution in [0.25, 0.3) is 0 Å². The summed E-state index contributed by atoms with van der Waals surface area (Å²) in [5.74, 6) is 1.51. The Balaban J connectivity index is 1.97. The zero-order valence-corrected chi connectivity index (χ0v) is 12.0. The number of aliphatic carboxylic acids is 1. The van der Waals surface area contributed by atoms with Gasteiger partial charge in [0.2, 0.25) is 0 Å². The summed E-state index contributed by atoms with van der Waals surface area (Å²) < 4.78 is 0. The first-order valence-electron chi connectivity index (χ1n) is 7.95. The molecule has 4 aliphatic carbocycles. The molecular weight excluding hydrogens is 236 g/mol. The molecule has 0 unspecified atom stereocenters. The average Bonchev–Trinajstić information content (AvgIpc) is 2.69. The van der Waals surface area contributed by atoms with Crippen LogP contribution in [0, 0.1) is 28.6 Å². The van der Waals surface area contributed by atoms with E-state index in [1.54, 1.807) is 0 Å². The van der Waals surface area contributed by atoms with Gasteiger partial charge in [0.15, 0.2) is 0 Å². The van der Waals surface area contributed by atoms with E-state index in [1.165, 1.54) is 37.7 Å². The predicted molar refractivity (Wildman–Crippen MR) is 73.7 cm³/mol. The molecule has 0 aliphatic heterocycles. The van der Waals surface area contributed by atoms with Crippen molar-refractivity contribution in [2.75, 3.05) is 0 Å². The van der Waals surface area contributed by atoms with E-state index in [9.17, 15) is 9.90 Å². The van der Waals surface area contributed by atoms with Crippen molar-refractivity contribution in [3.05, 3.63) is 11.1 Å². The topological polar surface area (TPSA) is 37.3 Å². The Morgan fingerprint density at radius 2 is 1.74 bits per heavy atom. The second kappa shape index (κ2) is 3.45. The van der Waals surface area contributed by atoms with Gasteiger partial charge in [0.1, 0.15) is 0 Å². The maximum Gasteiger partial charge on any atom is 0.331 e. The Labute approximate surface area is 115 Å². The van der Waals surface area contributed by atoms with Crippen molar-refractivity contribution in [3.8, 4) is 0 Å². The molecule has 4 atom stereocenters. The second-order valence-electron chi connectivity index (χ2n) is 7.86. The van der Waals surface area contributed by atoms with Crippen LogP contribution in [0.1, 0.15) is 58.8 Å². The molecule has 4 rings (SSSR count). The van der Waals surface area contributed by atoms with Gasteiger partial charge in [-0.2, -0.15) is 0 Å². The van der Waals surface area contributed by atoms with Gasteiger partial charge in [-0.1, -0.05) is 25.8 Å². The van der Waals surface area contributed by atoms with Gasteiger partial charge in [-0.3, -0.25) is 0 Å². The quantitative estimate of drug-likeness (QED) is 0.773.